The smallest absolute Gasteiger partial charge is 0.220 e. The van der Waals surface area contributed by atoms with E-state index >= 15 is 0 Å². The predicted octanol–water partition coefficient (Wildman–Crippen LogP) is 1.48. The van der Waals surface area contributed by atoms with E-state index in [1.807, 2.05) is 31.2 Å². The summed E-state index contributed by atoms with van der Waals surface area (Å²) in [5.74, 6) is 1.42. The van der Waals surface area contributed by atoms with Crippen LogP contribution in [0.4, 0.5) is 0 Å². The zero-order chi connectivity index (χ0) is 13.0. The summed E-state index contributed by atoms with van der Waals surface area (Å²) in [7, 11) is 1.65. The summed E-state index contributed by atoms with van der Waals surface area (Å²) in [6, 6.07) is 7.75. The lowest BCUT2D eigenvalue weighted by Crippen LogP contribution is -2.44. The van der Waals surface area contributed by atoms with Crippen molar-refractivity contribution in [2.75, 3.05) is 20.2 Å². The first kappa shape index (κ1) is 12.9. The van der Waals surface area contributed by atoms with Crippen molar-refractivity contribution in [1.82, 2.24) is 10.6 Å². The Hall–Kier alpha value is -1.55. The summed E-state index contributed by atoms with van der Waals surface area (Å²) < 4.78 is 5.30. The van der Waals surface area contributed by atoms with Crippen molar-refractivity contribution >= 4 is 5.91 Å². The lowest BCUT2D eigenvalue weighted by atomic mass is 9.98. The molecule has 4 heteroatoms. The molecule has 1 fully saturated rings. The van der Waals surface area contributed by atoms with Crippen molar-refractivity contribution in [3.8, 4) is 5.75 Å². The first-order chi connectivity index (χ1) is 8.70. The number of carbonyl (C=O) groups excluding carboxylic acids is 1. The number of amides is 1. The molecule has 1 heterocycles. The normalized spacial score (nSPS) is 16.8. The molecular weight excluding hydrogens is 228 g/mol. The van der Waals surface area contributed by atoms with Gasteiger partial charge in [-0.25, -0.2) is 0 Å². The van der Waals surface area contributed by atoms with E-state index in [0.29, 0.717) is 12.3 Å². The van der Waals surface area contributed by atoms with Crippen LogP contribution in [0.1, 0.15) is 24.9 Å². The van der Waals surface area contributed by atoms with E-state index in [1.54, 1.807) is 7.11 Å². The fraction of sp³-hybridized carbons (Fsp3) is 0.500. The third-order valence-electron chi connectivity index (χ3n) is 3.32. The molecule has 0 spiro atoms. The molecule has 0 bridgehead atoms. The van der Waals surface area contributed by atoms with Gasteiger partial charge in [0, 0.05) is 12.0 Å². The Bertz CT molecular complexity index is 416. The minimum atomic E-state index is -0.0262. The predicted molar refractivity (Wildman–Crippen MR) is 70.5 cm³/mol. The van der Waals surface area contributed by atoms with Crippen LogP contribution in [0.15, 0.2) is 24.3 Å². The number of benzene rings is 1. The quantitative estimate of drug-likeness (QED) is 0.830. The second kappa shape index (κ2) is 5.87. The zero-order valence-electron chi connectivity index (χ0n) is 10.9. The van der Waals surface area contributed by atoms with Gasteiger partial charge in [0.05, 0.1) is 13.2 Å². The summed E-state index contributed by atoms with van der Waals surface area (Å²) in [5, 5.41) is 6.19. The molecule has 1 aromatic carbocycles. The Labute approximate surface area is 108 Å². The topological polar surface area (TPSA) is 50.4 Å². The molecule has 1 atom stereocenters. The van der Waals surface area contributed by atoms with Crippen molar-refractivity contribution in [1.29, 1.82) is 0 Å². The minimum Gasteiger partial charge on any atom is -0.496 e. The van der Waals surface area contributed by atoms with Crippen LogP contribution in [-0.4, -0.2) is 26.1 Å². The second-order valence-corrected chi connectivity index (χ2v) is 4.76. The van der Waals surface area contributed by atoms with E-state index in [1.165, 1.54) is 0 Å². The third kappa shape index (κ3) is 3.01. The number of rotatable bonds is 5. The molecule has 1 aliphatic rings. The first-order valence-electron chi connectivity index (χ1n) is 6.33. The molecule has 1 aliphatic heterocycles. The molecule has 0 aromatic heterocycles. The summed E-state index contributed by atoms with van der Waals surface area (Å²) in [6.07, 6.45) is 0.604. The fourth-order valence-corrected chi connectivity index (χ4v) is 2.16. The molecule has 2 rings (SSSR count). The largest absolute Gasteiger partial charge is 0.496 e. The average Bonchev–Trinajstić information content (AvgIpc) is 2.33. The highest BCUT2D eigenvalue weighted by molar-refractivity contribution is 5.77. The zero-order valence-corrected chi connectivity index (χ0v) is 10.9. The molecule has 1 aromatic rings. The van der Waals surface area contributed by atoms with Gasteiger partial charge in [-0.3, -0.25) is 4.79 Å². The van der Waals surface area contributed by atoms with E-state index in [-0.39, 0.29) is 11.9 Å². The van der Waals surface area contributed by atoms with Crippen LogP contribution in [0.5, 0.6) is 5.75 Å². The molecule has 18 heavy (non-hydrogen) atoms. The van der Waals surface area contributed by atoms with Crippen molar-refractivity contribution in [2.24, 2.45) is 5.92 Å². The summed E-state index contributed by atoms with van der Waals surface area (Å²) in [5.41, 5.74) is 1.01. The van der Waals surface area contributed by atoms with Gasteiger partial charge in [0.1, 0.15) is 5.75 Å². The standard InChI is InChI=1S/C14H20N2O2/c1-10(12-5-3-4-6-13(12)18-2)16-14(17)7-11-8-15-9-11/h3-6,10-11,15H,7-9H2,1-2H3,(H,16,17). The third-order valence-corrected chi connectivity index (χ3v) is 3.32. The Kier molecular flexibility index (Phi) is 4.20. The number of hydrogen-bond acceptors (Lipinski definition) is 3. The van der Waals surface area contributed by atoms with E-state index < -0.39 is 0 Å². The molecule has 98 valence electrons. The Morgan fingerprint density at radius 1 is 1.50 bits per heavy atom. The molecule has 1 saturated heterocycles. The molecule has 4 nitrogen and oxygen atoms in total. The van der Waals surface area contributed by atoms with Crippen LogP contribution in [0, 0.1) is 5.92 Å². The molecule has 1 unspecified atom stereocenters. The van der Waals surface area contributed by atoms with E-state index in [2.05, 4.69) is 10.6 Å². The number of para-hydroxylation sites is 1. The summed E-state index contributed by atoms with van der Waals surface area (Å²) in [4.78, 5) is 11.8. The number of carbonyl (C=O) groups is 1. The molecule has 0 aliphatic carbocycles. The SMILES string of the molecule is COc1ccccc1C(C)NC(=O)CC1CNC1. The average molecular weight is 248 g/mol. The molecule has 1 amide bonds. The molecule has 0 radical (unpaired) electrons. The maximum atomic E-state index is 11.8. The van der Waals surface area contributed by atoms with Gasteiger partial charge in [-0.2, -0.15) is 0 Å². The van der Waals surface area contributed by atoms with E-state index in [0.717, 1.165) is 24.4 Å². The Morgan fingerprint density at radius 2 is 2.22 bits per heavy atom. The maximum absolute atomic E-state index is 11.8. The molecular formula is C14H20N2O2. The van der Waals surface area contributed by atoms with Crippen molar-refractivity contribution in [3.63, 3.8) is 0 Å². The van der Waals surface area contributed by atoms with Gasteiger partial charge in [0.15, 0.2) is 0 Å². The van der Waals surface area contributed by atoms with Crippen LogP contribution in [0.3, 0.4) is 0 Å². The minimum absolute atomic E-state index is 0.0262. The number of nitrogens with one attached hydrogen (secondary N) is 2. The summed E-state index contributed by atoms with van der Waals surface area (Å²) >= 11 is 0. The first-order valence-corrected chi connectivity index (χ1v) is 6.33. The monoisotopic (exact) mass is 248 g/mol. The van der Waals surface area contributed by atoms with Gasteiger partial charge in [-0.15, -0.1) is 0 Å². The summed E-state index contributed by atoms with van der Waals surface area (Å²) in [6.45, 7) is 3.89. The highest BCUT2D eigenvalue weighted by atomic mass is 16.5. The van der Waals surface area contributed by atoms with Crippen LogP contribution in [0.2, 0.25) is 0 Å². The number of hydrogen-bond donors (Lipinski definition) is 2. The van der Waals surface area contributed by atoms with Gasteiger partial charge in [-0.1, -0.05) is 18.2 Å². The number of ether oxygens (including phenoxy) is 1. The van der Waals surface area contributed by atoms with Crippen LogP contribution >= 0.6 is 0 Å². The Balaban J connectivity index is 1.93. The highest BCUT2D eigenvalue weighted by Crippen LogP contribution is 2.24. The second-order valence-electron chi connectivity index (χ2n) is 4.76. The molecule has 2 N–H and O–H groups in total. The van der Waals surface area contributed by atoms with Gasteiger partial charge >= 0.3 is 0 Å². The molecule has 0 saturated carbocycles. The van der Waals surface area contributed by atoms with Crippen LogP contribution in [-0.2, 0) is 4.79 Å². The van der Waals surface area contributed by atoms with Crippen LogP contribution < -0.4 is 15.4 Å². The Morgan fingerprint density at radius 3 is 2.83 bits per heavy atom. The van der Waals surface area contributed by atoms with Crippen molar-refractivity contribution in [2.45, 2.75) is 19.4 Å². The van der Waals surface area contributed by atoms with Gasteiger partial charge in [-0.05, 0) is 32.0 Å². The van der Waals surface area contributed by atoms with Gasteiger partial charge < -0.3 is 15.4 Å². The van der Waals surface area contributed by atoms with Crippen molar-refractivity contribution in [3.05, 3.63) is 29.8 Å². The van der Waals surface area contributed by atoms with Crippen LogP contribution in [0.25, 0.3) is 0 Å². The van der Waals surface area contributed by atoms with E-state index in [9.17, 15) is 4.79 Å². The lowest BCUT2D eigenvalue weighted by Gasteiger charge is -2.27. The fourth-order valence-electron chi connectivity index (χ4n) is 2.16. The lowest BCUT2D eigenvalue weighted by molar-refractivity contribution is -0.123. The van der Waals surface area contributed by atoms with Gasteiger partial charge in [0.2, 0.25) is 5.91 Å². The highest BCUT2D eigenvalue weighted by Gasteiger charge is 2.21. The van der Waals surface area contributed by atoms with E-state index in [4.69, 9.17) is 4.74 Å². The number of methoxy groups -OCH3 is 1. The maximum Gasteiger partial charge on any atom is 0.220 e. The van der Waals surface area contributed by atoms with Gasteiger partial charge in [0.25, 0.3) is 0 Å². The van der Waals surface area contributed by atoms with Crippen molar-refractivity contribution < 1.29 is 9.53 Å².